The van der Waals surface area contributed by atoms with Crippen LogP contribution in [0.2, 0.25) is 0 Å². The molecule has 0 aliphatic carbocycles. The predicted molar refractivity (Wildman–Crippen MR) is 87.9 cm³/mol. The van der Waals surface area contributed by atoms with E-state index in [1.165, 1.54) is 18.3 Å². The number of fused-ring (bicyclic) bond motifs is 1. The number of benzene rings is 1. The summed E-state index contributed by atoms with van der Waals surface area (Å²) in [5.41, 5.74) is -0.357. The molecule has 1 aliphatic rings. The van der Waals surface area contributed by atoms with E-state index in [0.717, 1.165) is 10.2 Å². The van der Waals surface area contributed by atoms with Crippen molar-refractivity contribution in [2.45, 2.75) is 38.9 Å². The molecule has 1 aromatic heterocycles. The van der Waals surface area contributed by atoms with Crippen molar-refractivity contribution in [2.24, 2.45) is 0 Å². The van der Waals surface area contributed by atoms with Crippen molar-refractivity contribution in [1.29, 1.82) is 0 Å². The van der Waals surface area contributed by atoms with Crippen molar-refractivity contribution in [3.63, 3.8) is 0 Å². The van der Waals surface area contributed by atoms with E-state index in [-0.39, 0.29) is 5.52 Å². The molecule has 0 N–H and O–H groups in total. The average molecular weight is 339 g/mol. The van der Waals surface area contributed by atoms with Gasteiger partial charge < -0.3 is 9.31 Å². The number of hydrogen-bond acceptors (Lipinski definition) is 4. The number of nitrogens with zero attached hydrogens (tertiary/aromatic N) is 1. The van der Waals surface area contributed by atoms with Crippen LogP contribution in [-0.4, -0.2) is 37.0 Å². The summed E-state index contributed by atoms with van der Waals surface area (Å²) < 4.78 is 50.7. The average Bonchev–Trinajstić information content (AvgIpc) is 2.87. The van der Waals surface area contributed by atoms with Crippen LogP contribution < -0.4 is 5.46 Å². The van der Waals surface area contributed by atoms with Crippen molar-refractivity contribution in [2.75, 3.05) is 6.26 Å². The minimum atomic E-state index is -3.52. The van der Waals surface area contributed by atoms with Crippen LogP contribution in [0.15, 0.2) is 24.4 Å². The van der Waals surface area contributed by atoms with Crippen LogP contribution in [0.25, 0.3) is 10.9 Å². The third-order valence-electron chi connectivity index (χ3n) is 4.63. The third-order valence-corrected chi connectivity index (χ3v) is 5.67. The van der Waals surface area contributed by atoms with Crippen LogP contribution in [0.5, 0.6) is 0 Å². The highest BCUT2D eigenvalue weighted by atomic mass is 32.2. The molecule has 0 amide bonds. The molecular weight excluding hydrogens is 320 g/mol. The zero-order valence-corrected chi connectivity index (χ0v) is 14.6. The zero-order valence-electron chi connectivity index (χ0n) is 13.8. The van der Waals surface area contributed by atoms with Crippen LogP contribution >= 0.6 is 0 Å². The van der Waals surface area contributed by atoms with Crippen LogP contribution in [0.4, 0.5) is 4.39 Å². The minimum Gasteiger partial charge on any atom is -0.399 e. The Bertz CT molecular complexity index is 872. The topological polar surface area (TPSA) is 57.5 Å². The Morgan fingerprint density at radius 1 is 1.13 bits per heavy atom. The molecule has 0 spiro atoms. The van der Waals surface area contributed by atoms with E-state index in [9.17, 15) is 12.8 Å². The fraction of sp³-hybridized carbons (Fsp3) is 0.467. The lowest BCUT2D eigenvalue weighted by atomic mass is 9.77. The van der Waals surface area contributed by atoms with Crippen LogP contribution in [0, 0.1) is 5.82 Å². The highest BCUT2D eigenvalue weighted by Crippen LogP contribution is 2.37. The summed E-state index contributed by atoms with van der Waals surface area (Å²) in [7, 11) is -4.28. The second-order valence-electron chi connectivity index (χ2n) is 6.89. The predicted octanol–water partition coefficient (Wildman–Crippen LogP) is 1.89. The Balaban J connectivity index is 2.19. The molecule has 0 radical (unpaired) electrons. The third kappa shape index (κ3) is 2.58. The summed E-state index contributed by atoms with van der Waals surface area (Å²) in [4.78, 5) is 0. The highest BCUT2D eigenvalue weighted by molar-refractivity contribution is 7.89. The van der Waals surface area contributed by atoms with Gasteiger partial charge in [0.2, 0.25) is 10.0 Å². The second-order valence-corrected chi connectivity index (χ2v) is 8.75. The molecule has 0 unspecified atom stereocenters. The van der Waals surface area contributed by atoms with Crippen LogP contribution in [0.1, 0.15) is 27.7 Å². The maximum atomic E-state index is 14.1. The molecule has 1 fully saturated rings. The fourth-order valence-corrected chi connectivity index (χ4v) is 3.46. The van der Waals surface area contributed by atoms with Gasteiger partial charge in [0.05, 0.1) is 23.0 Å². The van der Waals surface area contributed by atoms with E-state index in [4.69, 9.17) is 9.31 Å². The molecule has 3 rings (SSSR count). The molecule has 2 aromatic rings. The first-order valence-corrected chi connectivity index (χ1v) is 9.14. The summed E-state index contributed by atoms with van der Waals surface area (Å²) in [6.07, 6.45) is 2.49. The Hall–Kier alpha value is -1.38. The highest BCUT2D eigenvalue weighted by Gasteiger charge is 2.52. The normalized spacial score (nSPS) is 20.3. The van der Waals surface area contributed by atoms with Crippen LogP contribution in [0.3, 0.4) is 0 Å². The van der Waals surface area contributed by atoms with Gasteiger partial charge in [-0.25, -0.2) is 16.8 Å². The number of rotatable bonds is 2. The van der Waals surface area contributed by atoms with E-state index in [1.807, 2.05) is 27.7 Å². The Kier molecular flexibility index (Phi) is 3.45. The molecular formula is C15H19BFNO4S. The molecule has 1 aromatic carbocycles. The van der Waals surface area contributed by atoms with Gasteiger partial charge in [-0.05, 0) is 51.4 Å². The maximum absolute atomic E-state index is 14.1. The van der Waals surface area contributed by atoms with E-state index >= 15 is 0 Å². The van der Waals surface area contributed by atoms with E-state index < -0.39 is 34.2 Å². The van der Waals surface area contributed by atoms with Gasteiger partial charge in [-0.3, -0.25) is 0 Å². The largest absolute Gasteiger partial charge is 0.495 e. The molecule has 0 atom stereocenters. The summed E-state index contributed by atoms with van der Waals surface area (Å²) >= 11 is 0. The summed E-state index contributed by atoms with van der Waals surface area (Å²) in [5, 5.41) is 0.593. The van der Waals surface area contributed by atoms with Gasteiger partial charge >= 0.3 is 7.12 Å². The summed E-state index contributed by atoms with van der Waals surface area (Å²) in [6, 6.07) is 4.17. The quantitative estimate of drug-likeness (QED) is 0.784. The number of aromatic nitrogens is 1. The van der Waals surface area contributed by atoms with E-state index in [1.54, 1.807) is 6.07 Å². The van der Waals surface area contributed by atoms with Crippen molar-refractivity contribution in [1.82, 2.24) is 3.97 Å². The molecule has 2 heterocycles. The van der Waals surface area contributed by atoms with E-state index in [2.05, 4.69) is 0 Å². The Morgan fingerprint density at radius 2 is 1.70 bits per heavy atom. The number of halogens is 1. The van der Waals surface area contributed by atoms with E-state index in [0.29, 0.717) is 10.8 Å². The molecule has 5 nitrogen and oxygen atoms in total. The van der Waals surface area contributed by atoms with Crippen molar-refractivity contribution in [3.8, 4) is 0 Å². The standard InChI is InChI=1S/C15H19BFNO4S/c1-14(2)15(3,4)22-16(21-14)12-8-10(17)9-13-11(12)6-7-18(13)23(5,19)20/h6-9H,1-5H3. The van der Waals surface area contributed by atoms with Gasteiger partial charge in [0.15, 0.2) is 0 Å². The molecule has 124 valence electrons. The van der Waals surface area contributed by atoms with Crippen molar-refractivity contribution < 1.29 is 22.1 Å². The Morgan fingerprint density at radius 3 is 2.22 bits per heavy atom. The van der Waals surface area contributed by atoms with Gasteiger partial charge in [0, 0.05) is 11.6 Å². The molecule has 0 bridgehead atoms. The zero-order chi connectivity index (χ0) is 17.2. The van der Waals surface area contributed by atoms with Gasteiger partial charge in [0.1, 0.15) is 5.82 Å². The van der Waals surface area contributed by atoms with Gasteiger partial charge in [-0.15, -0.1) is 0 Å². The molecule has 23 heavy (non-hydrogen) atoms. The Labute approximate surface area is 135 Å². The first-order valence-electron chi connectivity index (χ1n) is 7.29. The lowest BCUT2D eigenvalue weighted by Crippen LogP contribution is -2.41. The lowest BCUT2D eigenvalue weighted by Gasteiger charge is -2.32. The molecule has 1 saturated heterocycles. The maximum Gasteiger partial charge on any atom is 0.495 e. The fourth-order valence-electron chi connectivity index (χ4n) is 2.66. The molecule has 1 aliphatic heterocycles. The molecule has 0 saturated carbocycles. The van der Waals surface area contributed by atoms with Crippen molar-refractivity contribution >= 4 is 33.5 Å². The number of hydrogen-bond donors (Lipinski definition) is 0. The smallest absolute Gasteiger partial charge is 0.399 e. The lowest BCUT2D eigenvalue weighted by molar-refractivity contribution is 0.00578. The molecule has 8 heteroatoms. The monoisotopic (exact) mass is 339 g/mol. The van der Waals surface area contributed by atoms with Crippen LogP contribution in [-0.2, 0) is 19.3 Å². The van der Waals surface area contributed by atoms with Gasteiger partial charge in [-0.2, -0.15) is 0 Å². The summed E-state index contributed by atoms with van der Waals surface area (Å²) in [6.45, 7) is 7.63. The van der Waals surface area contributed by atoms with Gasteiger partial charge in [-0.1, -0.05) is 0 Å². The minimum absolute atomic E-state index is 0.275. The first kappa shape index (κ1) is 16.5. The SMILES string of the molecule is CC1(C)OB(c2cc(F)cc3c2ccn3S(C)(=O)=O)OC1(C)C. The first-order chi connectivity index (χ1) is 10.4. The summed E-state index contributed by atoms with van der Waals surface area (Å²) in [5.74, 6) is -0.536. The second kappa shape index (κ2) is 4.81. The van der Waals surface area contributed by atoms with Crippen molar-refractivity contribution in [3.05, 3.63) is 30.2 Å². The van der Waals surface area contributed by atoms with Gasteiger partial charge in [0.25, 0.3) is 0 Å².